The largest absolute Gasteiger partial charge is 0.352 e. The number of nitrogens with zero attached hydrogens (tertiary/aromatic N) is 1. The van der Waals surface area contributed by atoms with Gasteiger partial charge in [0.15, 0.2) is 0 Å². The number of amides is 3. The normalized spacial score (nSPS) is 11.1. The maximum atomic E-state index is 13.9. The number of carbonyl (C=O) groups excluding carboxylic acids is 3. The van der Waals surface area contributed by atoms with Crippen molar-refractivity contribution in [2.45, 2.75) is 40.3 Å². The summed E-state index contributed by atoms with van der Waals surface area (Å²) in [4.78, 5) is 38.2. The van der Waals surface area contributed by atoms with Crippen molar-refractivity contribution >= 4 is 63.2 Å². The van der Waals surface area contributed by atoms with Crippen LogP contribution in [0.3, 0.4) is 0 Å². The highest BCUT2D eigenvalue weighted by Crippen LogP contribution is 2.27. The van der Waals surface area contributed by atoms with Crippen molar-refractivity contribution in [3.63, 3.8) is 0 Å². The Morgan fingerprint density at radius 1 is 0.875 bits per heavy atom. The van der Waals surface area contributed by atoms with Crippen molar-refractivity contribution < 1.29 is 18.8 Å². The Morgan fingerprint density at radius 2 is 1.55 bits per heavy atom. The van der Waals surface area contributed by atoms with Crippen LogP contribution in [0.4, 0.5) is 15.8 Å². The van der Waals surface area contributed by atoms with Gasteiger partial charge in [0.2, 0.25) is 5.91 Å². The van der Waals surface area contributed by atoms with E-state index in [9.17, 15) is 18.8 Å². The van der Waals surface area contributed by atoms with Crippen LogP contribution < -0.4 is 16.0 Å². The van der Waals surface area contributed by atoms with E-state index in [0.29, 0.717) is 17.9 Å². The predicted molar refractivity (Wildman–Crippen MR) is 158 cm³/mol. The first-order valence-electron chi connectivity index (χ1n) is 12.8. The van der Waals surface area contributed by atoms with Crippen LogP contribution in [0.2, 0.25) is 10.0 Å². The first-order chi connectivity index (χ1) is 19.1. The third-order valence-corrected chi connectivity index (χ3v) is 6.92. The lowest BCUT2D eigenvalue weighted by Crippen LogP contribution is -2.27. The average molecular weight is 583 g/mol. The lowest BCUT2D eigenvalue weighted by Gasteiger charge is -2.12. The van der Waals surface area contributed by atoms with Gasteiger partial charge in [0, 0.05) is 41.3 Å². The molecule has 3 amide bonds. The number of rotatable bonds is 9. The minimum Gasteiger partial charge on any atom is -0.352 e. The first kappa shape index (κ1) is 29.1. The fourth-order valence-corrected chi connectivity index (χ4v) is 4.54. The quantitative estimate of drug-likeness (QED) is 0.194. The number of anilines is 2. The molecule has 0 fully saturated rings. The molecule has 0 saturated heterocycles. The summed E-state index contributed by atoms with van der Waals surface area (Å²) in [6.45, 7) is 6.48. The second-order valence-electron chi connectivity index (χ2n) is 9.68. The Morgan fingerprint density at radius 3 is 2.25 bits per heavy atom. The minimum absolute atomic E-state index is 0.0291. The summed E-state index contributed by atoms with van der Waals surface area (Å²) in [6, 6.07) is 16.2. The molecule has 40 heavy (non-hydrogen) atoms. The molecule has 208 valence electrons. The molecule has 3 aromatic carbocycles. The molecule has 1 aromatic heterocycles. The topological polar surface area (TPSA) is 92.2 Å². The third-order valence-electron chi connectivity index (χ3n) is 6.28. The van der Waals surface area contributed by atoms with E-state index in [1.807, 2.05) is 17.6 Å². The van der Waals surface area contributed by atoms with Crippen LogP contribution in [0, 0.1) is 11.7 Å². The number of hydrogen-bond acceptors (Lipinski definition) is 3. The van der Waals surface area contributed by atoms with Crippen LogP contribution in [0.15, 0.2) is 60.7 Å². The molecule has 0 radical (unpaired) electrons. The van der Waals surface area contributed by atoms with Gasteiger partial charge in [0.1, 0.15) is 11.5 Å². The van der Waals surface area contributed by atoms with E-state index in [0.717, 1.165) is 22.9 Å². The van der Waals surface area contributed by atoms with Crippen LogP contribution in [0.25, 0.3) is 10.9 Å². The summed E-state index contributed by atoms with van der Waals surface area (Å²) in [5.74, 6) is -1.66. The van der Waals surface area contributed by atoms with Gasteiger partial charge in [0.05, 0.1) is 15.6 Å². The molecule has 0 saturated carbocycles. The van der Waals surface area contributed by atoms with Gasteiger partial charge in [-0.25, -0.2) is 4.39 Å². The van der Waals surface area contributed by atoms with Crippen molar-refractivity contribution in [1.82, 2.24) is 9.88 Å². The Bertz CT molecular complexity index is 1600. The SMILES string of the molecule is CCCn1c(C(=O)Nc2ccc(Cl)c(F)c2)cc2cc(NC(=O)c3cc(CNC(=O)C(C)C)ccc3Cl)ccc21. The number of benzene rings is 3. The maximum absolute atomic E-state index is 13.9. The molecule has 0 bridgehead atoms. The van der Waals surface area contributed by atoms with Gasteiger partial charge in [-0.05, 0) is 66.6 Å². The molecular formula is C30H29Cl2FN4O3. The monoisotopic (exact) mass is 582 g/mol. The van der Waals surface area contributed by atoms with Crippen LogP contribution in [-0.2, 0) is 17.9 Å². The summed E-state index contributed by atoms with van der Waals surface area (Å²) in [5, 5.41) is 9.41. The highest BCUT2D eigenvalue weighted by molar-refractivity contribution is 6.34. The minimum atomic E-state index is -0.625. The molecule has 0 atom stereocenters. The molecule has 4 rings (SSSR count). The van der Waals surface area contributed by atoms with Crippen LogP contribution in [-0.4, -0.2) is 22.3 Å². The molecule has 3 N–H and O–H groups in total. The van der Waals surface area contributed by atoms with Crippen molar-refractivity contribution in [1.29, 1.82) is 0 Å². The third kappa shape index (κ3) is 6.63. The van der Waals surface area contributed by atoms with Crippen molar-refractivity contribution in [2.75, 3.05) is 10.6 Å². The number of fused-ring (bicyclic) bond motifs is 1. The summed E-state index contributed by atoms with van der Waals surface area (Å²) in [6.07, 6.45) is 0.782. The molecule has 0 aliphatic heterocycles. The second kappa shape index (κ2) is 12.5. The Balaban J connectivity index is 1.56. The molecule has 7 nitrogen and oxygen atoms in total. The maximum Gasteiger partial charge on any atom is 0.272 e. The second-order valence-corrected chi connectivity index (χ2v) is 10.5. The molecule has 0 unspecified atom stereocenters. The van der Waals surface area contributed by atoms with E-state index in [4.69, 9.17) is 23.2 Å². The lowest BCUT2D eigenvalue weighted by molar-refractivity contribution is -0.124. The Hall–Kier alpha value is -3.88. The first-order valence-corrected chi connectivity index (χ1v) is 13.6. The average Bonchev–Trinajstić information content (AvgIpc) is 3.27. The zero-order valence-corrected chi connectivity index (χ0v) is 23.8. The number of nitrogens with one attached hydrogen (secondary N) is 3. The van der Waals surface area contributed by atoms with Gasteiger partial charge in [-0.1, -0.05) is 50.0 Å². The van der Waals surface area contributed by atoms with Crippen LogP contribution >= 0.6 is 23.2 Å². The Kier molecular flexibility index (Phi) is 9.12. The Labute approximate surface area is 241 Å². The number of carbonyl (C=O) groups is 3. The highest BCUT2D eigenvalue weighted by Gasteiger charge is 2.18. The van der Waals surface area contributed by atoms with E-state index in [1.54, 1.807) is 50.2 Å². The molecule has 1 heterocycles. The van der Waals surface area contributed by atoms with Crippen LogP contribution in [0.1, 0.15) is 53.6 Å². The summed E-state index contributed by atoms with van der Waals surface area (Å²) in [7, 11) is 0. The van der Waals surface area contributed by atoms with Gasteiger partial charge in [0.25, 0.3) is 11.8 Å². The molecule has 0 aliphatic carbocycles. The van der Waals surface area contributed by atoms with Crippen LogP contribution in [0.5, 0.6) is 0 Å². The smallest absolute Gasteiger partial charge is 0.272 e. The zero-order valence-electron chi connectivity index (χ0n) is 22.3. The van der Waals surface area contributed by atoms with E-state index < -0.39 is 17.6 Å². The van der Waals surface area contributed by atoms with Gasteiger partial charge in [-0.2, -0.15) is 0 Å². The molecule has 0 aliphatic rings. The van der Waals surface area contributed by atoms with Crippen molar-refractivity contribution in [3.8, 4) is 0 Å². The number of hydrogen-bond donors (Lipinski definition) is 3. The highest BCUT2D eigenvalue weighted by atomic mass is 35.5. The van der Waals surface area contributed by atoms with Gasteiger partial charge in [-0.3, -0.25) is 14.4 Å². The summed E-state index contributed by atoms with van der Waals surface area (Å²) >= 11 is 12.1. The number of aromatic nitrogens is 1. The van der Waals surface area contributed by atoms with E-state index in [2.05, 4.69) is 16.0 Å². The van der Waals surface area contributed by atoms with E-state index >= 15 is 0 Å². The number of halogens is 3. The fourth-order valence-electron chi connectivity index (χ4n) is 4.22. The molecule has 10 heteroatoms. The van der Waals surface area contributed by atoms with Gasteiger partial charge >= 0.3 is 0 Å². The standard InChI is InChI=1S/C30H29Cl2FN4O3/c1-4-11-37-26-10-7-20(13-19(26)14-27(37)30(40)36-21-6-9-24(32)25(33)15-21)35-29(39)22-12-18(5-8-23(22)31)16-34-28(38)17(2)3/h5-10,12-15,17H,4,11,16H2,1-3H3,(H,34,38)(H,35,39)(H,36,40). The van der Waals surface area contributed by atoms with Crippen molar-refractivity contribution in [2.24, 2.45) is 5.92 Å². The summed E-state index contributed by atoms with van der Waals surface area (Å²) in [5.41, 5.74) is 3.04. The zero-order chi connectivity index (χ0) is 29.0. The van der Waals surface area contributed by atoms with Gasteiger partial charge < -0.3 is 20.5 Å². The van der Waals surface area contributed by atoms with E-state index in [-0.39, 0.29) is 39.7 Å². The molecule has 4 aromatic rings. The summed E-state index contributed by atoms with van der Waals surface area (Å²) < 4.78 is 15.8. The number of aryl methyl sites for hydroxylation is 1. The fraction of sp³-hybridized carbons (Fsp3) is 0.233. The van der Waals surface area contributed by atoms with Gasteiger partial charge in [-0.15, -0.1) is 0 Å². The lowest BCUT2D eigenvalue weighted by atomic mass is 10.1. The predicted octanol–water partition coefficient (Wildman–Crippen LogP) is 7.27. The molecule has 0 spiro atoms. The molecular weight excluding hydrogens is 554 g/mol. The van der Waals surface area contributed by atoms with Crippen molar-refractivity contribution in [3.05, 3.63) is 93.3 Å². The van der Waals surface area contributed by atoms with E-state index in [1.165, 1.54) is 18.2 Å².